The van der Waals surface area contributed by atoms with Gasteiger partial charge in [0.05, 0.1) is 0 Å². The summed E-state index contributed by atoms with van der Waals surface area (Å²) in [5.41, 5.74) is 4.42. The average Bonchev–Trinajstić information content (AvgIpc) is 2.42. The maximum absolute atomic E-state index is 13.4. The number of benzene rings is 1. The number of hydrogen-bond acceptors (Lipinski definition) is 4. The van der Waals surface area contributed by atoms with E-state index in [1.165, 1.54) is 12.3 Å². The Balaban J connectivity index is 2.45. The highest BCUT2D eigenvalue weighted by Crippen LogP contribution is 2.26. The van der Waals surface area contributed by atoms with E-state index >= 15 is 0 Å². The Bertz CT molecular complexity index is 666. The number of nitrogens with two attached hydrogens (primary N) is 1. The van der Waals surface area contributed by atoms with Crippen molar-refractivity contribution in [2.45, 2.75) is 0 Å². The van der Waals surface area contributed by atoms with Crippen molar-refractivity contribution >= 4 is 28.8 Å². The lowest BCUT2D eigenvalue weighted by molar-refractivity contribution is 0.459. The van der Waals surface area contributed by atoms with Crippen LogP contribution in [0.4, 0.5) is 29.2 Å². The fourth-order valence-electron chi connectivity index (χ4n) is 1.35. The molecule has 0 spiro atoms. The Morgan fingerprint density at radius 2 is 1.75 bits per heavy atom. The standard InChI is InChI=1S/C11H6F4N4S/c12-4-3-5(13)8(15)9(7(4)14)19-11-17-2-1-6(18-11)10(16)20/h1-3H,(H2,16,20)(H,17,18,19). The maximum Gasteiger partial charge on any atom is 0.227 e. The van der Waals surface area contributed by atoms with Crippen molar-refractivity contribution in [1.82, 2.24) is 9.97 Å². The number of anilines is 2. The zero-order chi connectivity index (χ0) is 14.9. The fourth-order valence-corrected chi connectivity index (χ4v) is 1.46. The molecule has 0 atom stereocenters. The molecule has 2 aromatic rings. The molecule has 0 fully saturated rings. The van der Waals surface area contributed by atoms with Crippen molar-refractivity contribution in [3.05, 3.63) is 47.3 Å². The molecule has 0 unspecified atom stereocenters. The molecule has 20 heavy (non-hydrogen) atoms. The smallest absolute Gasteiger partial charge is 0.227 e. The van der Waals surface area contributed by atoms with Crippen molar-refractivity contribution in [2.24, 2.45) is 5.73 Å². The Morgan fingerprint density at radius 3 is 2.30 bits per heavy atom. The van der Waals surface area contributed by atoms with Crippen LogP contribution in [0.5, 0.6) is 0 Å². The van der Waals surface area contributed by atoms with E-state index in [0.717, 1.165) is 0 Å². The molecule has 2 rings (SSSR count). The molecule has 0 saturated carbocycles. The van der Waals surface area contributed by atoms with Gasteiger partial charge >= 0.3 is 0 Å². The topological polar surface area (TPSA) is 63.8 Å². The third-order valence-electron chi connectivity index (χ3n) is 2.26. The zero-order valence-corrected chi connectivity index (χ0v) is 10.4. The molecule has 4 nitrogen and oxygen atoms in total. The molecular formula is C11H6F4N4S. The van der Waals surface area contributed by atoms with Gasteiger partial charge in [0.25, 0.3) is 0 Å². The number of aromatic nitrogens is 2. The predicted molar refractivity (Wildman–Crippen MR) is 67.5 cm³/mol. The predicted octanol–water partition coefficient (Wildman–Crippen LogP) is 2.41. The van der Waals surface area contributed by atoms with Gasteiger partial charge in [-0.1, -0.05) is 12.2 Å². The van der Waals surface area contributed by atoms with Gasteiger partial charge in [0.2, 0.25) is 5.95 Å². The molecule has 0 radical (unpaired) electrons. The van der Waals surface area contributed by atoms with E-state index in [9.17, 15) is 17.6 Å². The minimum atomic E-state index is -1.59. The summed E-state index contributed by atoms with van der Waals surface area (Å²) in [4.78, 5) is 7.32. The van der Waals surface area contributed by atoms with Crippen molar-refractivity contribution in [3.8, 4) is 0 Å². The SMILES string of the molecule is NC(=S)c1ccnc(Nc2c(F)c(F)cc(F)c2F)n1. The van der Waals surface area contributed by atoms with Crippen LogP contribution < -0.4 is 11.1 Å². The van der Waals surface area contributed by atoms with E-state index in [4.69, 9.17) is 5.73 Å². The van der Waals surface area contributed by atoms with Crippen molar-refractivity contribution < 1.29 is 17.6 Å². The molecule has 3 N–H and O–H groups in total. The molecule has 0 aliphatic carbocycles. The van der Waals surface area contributed by atoms with Crippen LogP contribution >= 0.6 is 12.2 Å². The van der Waals surface area contributed by atoms with Crippen molar-refractivity contribution in [3.63, 3.8) is 0 Å². The quantitative estimate of drug-likeness (QED) is 0.518. The van der Waals surface area contributed by atoms with Gasteiger partial charge in [-0.05, 0) is 6.07 Å². The number of rotatable bonds is 3. The van der Waals surface area contributed by atoms with Crippen LogP contribution in [0, 0.1) is 23.3 Å². The van der Waals surface area contributed by atoms with Crippen LogP contribution in [-0.4, -0.2) is 15.0 Å². The first-order valence-electron chi connectivity index (χ1n) is 5.13. The number of halogens is 4. The molecule has 1 aromatic carbocycles. The lowest BCUT2D eigenvalue weighted by Crippen LogP contribution is -2.13. The minimum absolute atomic E-state index is 0.0678. The summed E-state index contributed by atoms with van der Waals surface area (Å²) in [6.07, 6.45) is 1.22. The van der Waals surface area contributed by atoms with Crippen LogP contribution in [0.1, 0.15) is 5.69 Å². The highest BCUT2D eigenvalue weighted by atomic mass is 32.1. The molecule has 104 valence electrons. The van der Waals surface area contributed by atoms with E-state index in [2.05, 4.69) is 27.5 Å². The highest BCUT2D eigenvalue weighted by molar-refractivity contribution is 7.80. The van der Waals surface area contributed by atoms with Gasteiger partial charge in [0.1, 0.15) is 16.4 Å². The molecule has 0 amide bonds. The Kier molecular flexibility index (Phi) is 3.79. The lowest BCUT2D eigenvalue weighted by atomic mass is 10.2. The van der Waals surface area contributed by atoms with Crippen LogP contribution in [0.15, 0.2) is 18.3 Å². The fraction of sp³-hybridized carbons (Fsp3) is 0. The first-order valence-corrected chi connectivity index (χ1v) is 5.54. The number of nitrogens with one attached hydrogen (secondary N) is 1. The second-order valence-corrected chi connectivity index (χ2v) is 4.04. The molecule has 0 bridgehead atoms. The first-order chi connectivity index (χ1) is 9.40. The van der Waals surface area contributed by atoms with Gasteiger partial charge in [-0.25, -0.2) is 27.5 Å². The van der Waals surface area contributed by atoms with E-state index in [0.29, 0.717) is 0 Å². The first kappa shape index (κ1) is 14.1. The summed E-state index contributed by atoms with van der Waals surface area (Å²) in [6, 6.07) is 1.47. The second kappa shape index (κ2) is 5.37. The van der Waals surface area contributed by atoms with Crippen molar-refractivity contribution in [1.29, 1.82) is 0 Å². The van der Waals surface area contributed by atoms with E-state index in [1.807, 2.05) is 0 Å². The summed E-state index contributed by atoms with van der Waals surface area (Å²) < 4.78 is 52.9. The number of nitrogens with zero attached hydrogens (tertiary/aromatic N) is 2. The summed E-state index contributed by atoms with van der Waals surface area (Å²) in [7, 11) is 0. The van der Waals surface area contributed by atoms with Gasteiger partial charge in [-0.15, -0.1) is 0 Å². The van der Waals surface area contributed by atoms with Crippen LogP contribution in [0.2, 0.25) is 0 Å². The maximum atomic E-state index is 13.4. The van der Waals surface area contributed by atoms with Gasteiger partial charge in [-0.3, -0.25) is 0 Å². The largest absolute Gasteiger partial charge is 0.388 e. The molecular weight excluding hydrogens is 296 g/mol. The normalized spacial score (nSPS) is 10.4. The van der Waals surface area contributed by atoms with Gasteiger partial charge < -0.3 is 11.1 Å². The highest BCUT2D eigenvalue weighted by Gasteiger charge is 2.20. The molecule has 0 saturated heterocycles. The minimum Gasteiger partial charge on any atom is -0.388 e. The van der Waals surface area contributed by atoms with Crippen LogP contribution in [-0.2, 0) is 0 Å². The third kappa shape index (κ3) is 2.67. The Morgan fingerprint density at radius 1 is 1.15 bits per heavy atom. The van der Waals surface area contributed by atoms with Crippen LogP contribution in [0.25, 0.3) is 0 Å². The Labute approximate surface area is 115 Å². The van der Waals surface area contributed by atoms with Gasteiger partial charge in [0.15, 0.2) is 23.3 Å². The second-order valence-electron chi connectivity index (χ2n) is 3.60. The third-order valence-corrected chi connectivity index (χ3v) is 2.47. The summed E-state index contributed by atoms with van der Waals surface area (Å²) in [5, 5.41) is 2.05. The summed E-state index contributed by atoms with van der Waals surface area (Å²) >= 11 is 4.67. The molecule has 0 aliphatic heterocycles. The number of hydrogen-bond donors (Lipinski definition) is 2. The molecule has 9 heteroatoms. The monoisotopic (exact) mass is 302 g/mol. The lowest BCUT2D eigenvalue weighted by Gasteiger charge is -2.09. The summed E-state index contributed by atoms with van der Waals surface area (Å²) in [5.74, 6) is -6.58. The summed E-state index contributed by atoms with van der Waals surface area (Å²) in [6.45, 7) is 0. The van der Waals surface area contributed by atoms with Crippen molar-refractivity contribution in [2.75, 3.05) is 5.32 Å². The van der Waals surface area contributed by atoms with E-state index in [-0.39, 0.29) is 22.7 Å². The Hall–Kier alpha value is -2.29. The zero-order valence-electron chi connectivity index (χ0n) is 9.62. The number of thiocarbonyl (C=S) groups is 1. The van der Waals surface area contributed by atoms with Gasteiger partial charge in [-0.2, -0.15) is 0 Å². The molecule has 0 aliphatic rings. The average molecular weight is 302 g/mol. The van der Waals surface area contributed by atoms with E-state index < -0.39 is 29.0 Å². The molecule has 1 aromatic heterocycles. The van der Waals surface area contributed by atoms with E-state index in [1.54, 1.807) is 0 Å². The van der Waals surface area contributed by atoms with Gasteiger partial charge in [0, 0.05) is 12.3 Å². The molecule has 1 heterocycles. The van der Waals surface area contributed by atoms with Crippen LogP contribution in [0.3, 0.4) is 0 Å².